The molecule has 2 saturated heterocycles. The molecule has 2 fully saturated rings. The topological polar surface area (TPSA) is 79.2 Å². The molecule has 20 heavy (non-hydrogen) atoms. The summed E-state index contributed by atoms with van der Waals surface area (Å²) in [5.74, 6) is -0.881. The lowest BCUT2D eigenvalue weighted by Gasteiger charge is -2.29. The Morgan fingerprint density at radius 3 is 2.15 bits per heavy atom. The molecule has 0 aromatic carbocycles. The van der Waals surface area contributed by atoms with Crippen molar-refractivity contribution in [2.75, 3.05) is 33.0 Å². The molecule has 2 aliphatic heterocycles. The lowest BCUT2D eigenvalue weighted by molar-refractivity contribution is -0.186. The van der Waals surface area contributed by atoms with Gasteiger partial charge in [0.25, 0.3) is 0 Å². The zero-order chi connectivity index (χ0) is 14.8. The van der Waals surface area contributed by atoms with E-state index in [2.05, 4.69) is 6.92 Å². The van der Waals surface area contributed by atoms with Crippen LogP contribution in [0.15, 0.2) is 0 Å². The molecule has 0 amide bonds. The van der Waals surface area contributed by atoms with Gasteiger partial charge in [-0.25, -0.2) is 0 Å². The third-order valence-corrected chi connectivity index (χ3v) is 3.79. The van der Waals surface area contributed by atoms with Gasteiger partial charge in [-0.1, -0.05) is 26.2 Å². The summed E-state index contributed by atoms with van der Waals surface area (Å²) in [4.78, 5) is 11.1. The Morgan fingerprint density at radius 2 is 1.80 bits per heavy atom. The summed E-state index contributed by atoms with van der Waals surface area (Å²) in [6.45, 7) is 5.68. The minimum atomic E-state index is -0.991. The standard InChI is InChI=1S/C10H19NO3.C4H8O2/c1-2-3-4-6-10(9(12)13)7-5-8-11(10)14;1-2-6-4-3-5-1/h14H,2-8H2,1H3,(H,12,13);1-4H2/t10-;/m0./s1. The highest BCUT2D eigenvalue weighted by atomic mass is 16.6. The van der Waals surface area contributed by atoms with Crippen molar-refractivity contribution in [1.82, 2.24) is 5.06 Å². The molecule has 0 spiro atoms. The Morgan fingerprint density at radius 1 is 1.20 bits per heavy atom. The second-order valence-electron chi connectivity index (χ2n) is 5.25. The van der Waals surface area contributed by atoms with E-state index in [0.717, 1.165) is 57.2 Å². The molecule has 0 unspecified atom stereocenters. The number of hydroxylamine groups is 2. The maximum atomic E-state index is 11.1. The number of hydrogen-bond acceptors (Lipinski definition) is 5. The molecular formula is C14H27NO5. The monoisotopic (exact) mass is 289 g/mol. The van der Waals surface area contributed by atoms with Crippen LogP contribution < -0.4 is 0 Å². The number of aliphatic carboxylic acids is 1. The highest BCUT2D eigenvalue weighted by Gasteiger charge is 2.46. The third-order valence-electron chi connectivity index (χ3n) is 3.79. The van der Waals surface area contributed by atoms with Crippen molar-refractivity contribution in [2.45, 2.75) is 51.0 Å². The first kappa shape index (κ1) is 17.4. The predicted molar refractivity (Wildman–Crippen MR) is 73.9 cm³/mol. The van der Waals surface area contributed by atoms with Gasteiger partial charge < -0.3 is 19.8 Å². The Hall–Kier alpha value is -0.690. The van der Waals surface area contributed by atoms with E-state index in [9.17, 15) is 10.0 Å². The largest absolute Gasteiger partial charge is 0.480 e. The summed E-state index contributed by atoms with van der Waals surface area (Å²) < 4.78 is 9.89. The molecule has 0 aliphatic carbocycles. The van der Waals surface area contributed by atoms with Crippen LogP contribution in [0.4, 0.5) is 0 Å². The van der Waals surface area contributed by atoms with Crippen LogP contribution in [0.25, 0.3) is 0 Å². The van der Waals surface area contributed by atoms with Crippen LogP contribution in [0.1, 0.15) is 45.4 Å². The van der Waals surface area contributed by atoms with Crippen molar-refractivity contribution in [1.29, 1.82) is 0 Å². The van der Waals surface area contributed by atoms with Gasteiger partial charge in [-0.2, -0.15) is 5.06 Å². The highest BCUT2D eigenvalue weighted by molar-refractivity contribution is 5.78. The lowest BCUT2D eigenvalue weighted by Crippen LogP contribution is -2.48. The molecular weight excluding hydrogens is 262 g/mol. The fraction of sp³-hybridized carbons (Fsp3) is 0.929. The highest BCUT2D eigenvalue weighted by Crippen LogP contribution is 2.32. The van der Waals surface area contributed by atoms with Crippen molar-refractivity contribution in [3.05, 3.63) is 0 Å². The number of unbranched alkanes of at least 4 members (excludes halogenated alkanes) is 2. The SMILES string of the molecule is C1COCCO1.CCCCC[C@@]1(C(=O)O)CCCN1O. The second kappa shape index (κ2) is 9.28. The molecule has 0 aromatic heterocycles. The summed E-state index contributed by atoms with van der Waals surface area (Å²) in [5.41, 5.74) is -0.991. The molecule has 6 nitrogen and oxygen atoms in total. The Bertz CT molecular complexity index is 271. The molecule has 0 bridgehead atoms. The number of nitrogens with zero attached hydrogens (tertiary/aromatic N) is 1. The van der Waals surface area contributed by atoms with Crippen LogP contribution in [0.2, 0.25) is 0 Å². The van der Waals surface area contributed by atoms with Gasteiger partial charge in [-0.3, -0.25) is 4.79 Å². The molecule has 0 aromatic rings. The van der Waals surface area contributed by atoms with E-state index in [0.29, 0.717) is 19.4 Å². The fourth-order valence-corrected chi connectivity index (χ4v) is 2.55. The number of hydrogen-bond donors (Lipinski definition) is 2. The number of rotatable bonds is 5. The molecule has 0 saturated carbocycles. The van der Waals surface area contributed by atoms with E-state index in [1.807, 2.05) is 0 Å². The van der Waals surface area contributed by atoms with E-state index in [4.69, 9.17) is 14.6 Å². The van der Waals surface area contributed by atoms with Gasteiger partial charge in [0.2, 0.25) is 0 Å². The van der Waals surface area contributed by atoms with Crippen LogP contribution in [0, 0.1) is 0 Å². The van der Waals surface area contributed by atoms with Crippen molar-refractivity contribution in [3.8, 4) is 0 Å². The Kier molecular flexibility index (Phi) is 8.06. The first-order chi connectivity index (χ1) is 9.63. The molecule has 0 radical (unpaired) electrons. The molecule has 118 valence electrons. The fourth-order valence-electron chi connectivity index (χ4n) is 2.55. The zero-order valence-corrected chi connectivity index (χ0v) is 12.3. The molecule has 2 N–H and O–H groups in total. The van der Waals surface area contributed by atoms with Crippen molar-refractivity contribution >= 4 is 5.97 Å². The van der Waals surface area contributed by atoms with Gasteiger partial charge in [0, 0.05) is 6.54 Å². The van der Waals surface area contributed by atoms with Crippen LogP contribution in [-0.4, -0.2) is 59.9 Å². The van der Waals surface area contributed by atoms with Gasteiger partial charge >= 0.3 is 5.97 Å². The maximum Gasteiger partial charge on any atom is 0.326 e. The van der Waals surface area contributed by atoms with Gasteiger partial charge in [0.15, 0.2) is 0 Å². The van der Waals surface area contributed by atoms with Crippen molar-refractivity contribution in [3.63, 3.8) is 0 Å². The van der Waals surface area contributed by atoms with E-state index in [1.54, 1.807) is 0 Å². The minimum Gasteiger partial charge on any atom is -0.480 e. The predicted octanol–water partition coefficient (Wildman–Crippen LogP) is 1.91. The van der Waals surface area contributed by atoms with E-state index >= 15 is 0 Å². The minimum absolute atomic E-state index is 0.485. The first-order valence-corrected chi connectivity index (χ1v) is 7.49. The summed E-state index contributed by atoms with van der Waals surface area (Å²) >= 11 is 0. The first-order valence-electron chi connectivity index (χ1n) is 7.49. The van der Waals surface area contributed by atoms with Crippen molar-refractivity contribution in [2.24, 2.45) is 0 Å². The van der Waals surface area contributed by atoms with Crippen LogP contribution >= 0.6 is 0 Å². The second-order valence-corrected chi connectivity index (χ2v) is 5.25. The molecule has 1 atom stereocenters. The van der Waals surface area contributed by atoms with E-state index in [-0.39, 0.29) is 0 Å². The average molecular weight is 289 g/mol. The van der Waals surface area contributed by atoms with Gasteiger partial charge in [0.1, 0.15) is 5.54 Å². The van der Waals surface area contributed by atoms with Crippen LogP contribution in [0.3, 0.4) is 0 Å². The Balaban J connectivity index is 0.000000276. The molecule has 6 heteroatoms. The maximum absolute atomic E-state index is 11.1. The van der Waals surface area contributed by atoms with Gasteiger partial charge in [-0.05, 0) is 19.3 Å². The average Bonchev–Trinajstić information content (AvgIpc) is 2.84. The van der Waals surface area contributed by atoms with Gasteiger partial charge in [0.05, 0.1) is 26.4 Å². The van der Waals surface area contributed by atoms with E-state index in [1.165, 1.54) is 0 Å². The number of ether oxygens (including phenoxy) is 2. The number of carboxylic acid groups (broad SMARTS) is 1. The number of carboxylic acids is 1. The van der Waals surface area contributed by atoms with E-state index < -0.39 is 11.5 Å². The summed E-state index contributed by atoms with van der Waals surface area (Å²) in [6.07, 6.45) is 4.88. The smallest absolute Gasteiger partial charge is 0.326 e. The van der Waals surface area contributed by atoms with Crippen molar-refractivity contribution < 1.29 is 24.6 Å². The van der Waals surface area contributed by atoms with Crippen LogP contribution in [-0.2, 0) is 14.3 Å². The summed E-state index contributed by atoms with van der Waals surface area (Å²) in [6, 6.07) is 0. The zero-order valence-electron chi connectivity index (χ0n) is 12.3. The summed E-state index contributed by atoms with van der Waals surface area (Å²) in [7, 11) is 0. The Labute approximate surface area is 120 Å². The lowest BCUT2D eigenvalue weighted by atomic mass is 9.90. The normalized spacial score (nSPS) is 26.9. The molecule has 2 aliphatic rings. The molecule has 2 rings (SSSR count). The third kappa shape index (κ3) is 5.01. The van der Waals surface area contributed by atoms with Gasteiger partial charge in [-0.15, -0.1) is 0 Å². The van der Waals surface area contributed by atoms with Crippen LogP contribution in [0.5, 0.6) is 0 Å². The quantitative estimate of drug-likeness (QED) is 0.753. The number of carbonyl (C=O) groups is 1. The summed E-state index contributed by atoms with van der Waals surface area (Å²) in [5, 5.41) is 19.7. The molecule has 2 heterocycles.